The average Bonchev–Trinajstić information content (AvgIpc) is 3.22. The van der Waals surface area contributed by atoms with Gasteiger partial charge in [0.15, 0.2) is 0 Å². The number of aromatic nitrogens is 2. The molecule has 158 valence electrons. The quantitative estimate of drug-likeness (QED) is 0.535. The molecule has 0 radical (unpaired) electrons. The number of nitrogens with one attached hydrogen (secondary N) is 1. The molecule has 3 rings (SSSR count). The van der Waals surface area contributed by atoms with Gasteiger partial charge in [0.25, 0.3) is 5.91 Å². The van der Waals surface area contributed by atoms with Gasteiger partial charge in [-0.3, -0.25) is 4.79 Å². The Morgan fingerprint density at radius 3 is 2.33 bits per heavy atom. The van der Waals surface area contributed by atoms with E-state index in [0.29, 0.717) is 29.2 Å². The smallest absolute Gasteiger partial charge is 0.300 e. The molecule has 1 heterocycles. The summed E-state index contributed by atoms with van der Waals surface area (Å²) in [5.74, 6) is 0.737. The molecule has 0 aliphatic rings. The maximum Gasteiger partial charge on any atom is 0.300 e. The topological polar surface area (TPSA) is 107 Å². The van der Waals surface area contributed by atoms with Gasteiger partial charge in [-0.15, -0.1) is 5.10 Å². The lowest BCUT2D eigenvalue weighted by Crippen LogP contribution is -2.23. The van der Waals surface area contributed by atoms with E-state index in [4.69, 9.17) is 9.47 Å². The fourth-order valence-corrected chi connectivity index (χ4v) is 4.75. The minimum Gasteiger partial charge on any atom is -0.497 e. The Bertz CT molecular complexity index is 1090. The van der Waals surface area contributed by atoms with Crippen LogP contribution < -0.4 is 14.8 Å². The van der Waals surface area contributed by atoms with Crippen molar-refractivity contribution in [1.82, 2.24) is 15.5 Å². The lowest BCUT2D eigenvalue weighted by atomic mass is 10.1. The number of methoxy groups -OCH3 is 1. The molecular weight excluding hydrogens is 426 g/mol. The molecule has 0 unspecified atom stereocenters. The molecule has 1 amide bonds. The zero-order chi connectivity index (χ0) is 21.6. The predicted octanol–water partition coefficient (Wildman–Crippen LogP) is 3.45. The van der Waals surface area contributed by atoms with E-state index in [0.717, 1.165) is 17.8 Å². The molecule has 0 fully saturated rings. The highest BCUT2D eigenvalue weighted by molar-refractivity contribution is 7.92. The summed E-state index contributed by atoms with van der Waals surface area (Å²) in [5, 5.41) is 10.5. The number of nitrogens with zero attached hydrogens (tertiary/aromatic N) is 2. The third-order valence-corrected chi connectivity index (χ3v) is 6.96. The van der Waals surface area contributed by atoms with Crippen molar-refractivity contribution in [1.29, 1.82) is 0 Å². The largest absolute Gasteiger partial charge is 0.497 e. The van der Waals surface area contributed by atoms with Gasteiger partial charge >= 0.3 is 5.19 Å². The van der Waals surface area contributed by atoms with Gasteiger partial charge in [0, 0.05) is 12.1 Å². The molecule has 0 aliphatic carbocycles. The van der Waals surface area contributed by atoms with E-state index in [-0.39, 0.29) is 21.2 Å². The average molecular weight is 448 g/mol. The number of rotatable bonds is 9. The summed E-state index contributed by atoms with van der Waals surface area (Å²) >= 11 is 0.853. The number of hydrogen-bond acceptors (Lipinski definition) is 8. The molecule has 0 aliphatic heterocycles. The second kappa shape index (κ2) is 9.68. The molecule has 1 N–H and O–H groups in total. The third-order valence-electron chi connectivity index (χ3n) is 4.03. The van der Waals surface area contributed by atoms with Crippen molar-refractivity contribution in [2.24, 2.45) is 0 Å². The van der Waals surface area contributed by atoms with Crippen molar-refractivity contribution in [2.75, 3.05) is 13.7 Å². The fraction of sp³-hybridized carbons (Fsp3) is 0.250. The second-order valence-corrected chi connectivity index (χ2v) is 9.43. The van der Waals surface area contributed by atoms with Crippen LogP contribution in [0.15, 0.2) is 52.9 Å². The van der Waals surface area contributed by atoms with E-state index in [1.54, 1.807) is 55.6 Å². The number of ether oxygens (including phenoxy) is 2. The summed E-state index contributed by atoms with van der Waals surface area (Å²) in [6.45, 7) is 2.56. The van der Waals surface area contributed by atoms with Crippen LogP contribution in [0.4, 0.5) is 0 Å². The summed E-state index contributed by atoms with van der Waals surface area (Å²) in [5.41, 5.74) is 1.03. The lowest BCUT2D eigenvalue weighted by molar-refractivity contribution is 0.0953. The van der Waals surface area contributed by atoms with Crippen LogP contribution in [0.25, 0.3) is 0 Å². The highest BCUT2D eigenvalue weighted by atomic mass is 32.2. The highest BCUT2D eigenvalue weighted by Crippen LogP contribution is 2.29. The van der Waals surface area contributed by atoms with Crippen LogP contribution in [0.2, 0.25) is 0 Å². The molecule has 0 spiro atoms. The molecule has 10 heteroatoms. The number of carbonyl (C=O) groups is 1. The van der Waals surface area contributed by atoms with Crippen molar-refractivity contribution in [3.63, 3.8) is 0 Å². The van der Waals surface area contributed by atoms with Gasteiger partial charge in [-0.25, -0.2) is 8.42 Å². The first-order valence-corrected chi connectivity index (χ1v) is 11.6. The molecular formula is C20H21N3O5S2. The fourth-order valence-electron chi connectivity index (χ4n) is 2.48. The van der Waals surface area contributed by atoms with E-state index >= 15 is 0 Å². The van der Waals surface area contributed by atoms with Gasteiger partial charge in [-0.05, 0) is 59.7 Å². The Balaban J connectivity index is 1.66. The minimum atomic E-state index is -3.70. The van der Waals surface area contributed by atoms with Gasteiger partial charge in [0.05, 0.1) is 12.9 Å². The number of sulfone groups is 1. The first kappa shape index (κ1) is 21.7. The Hall–Kier alpha value is -2.98. The number of hydrogen-bond donors (Lipinski definition) is 1. The van der Waals surface area contributed by atoms with Crippen molar-refractivity contribution in [3.05, 3.63) is 59.7 Å². The van der Waals surface area contributed by atoms with Crippen LogP contribution in [0.5, 0.6) is 16.7 Å². The molecule has 8 nitrogen and oxygen atoms in total. The molecule has 0 saturated carbocycles. The first-order valence-electron chi connectivity index (χ1n) is 9.16. The molecule has 30 heavy (non-hydrogen) atoms. The zero-order valence-corrected chi connectivity index (χ0v) is 18.1. The van der Waals surface area contributed by atoms with E-state index < -0.39 is 9.84 Å². The summed E-state index contributed by atoms with van der Waals surface area (Å²) in [7, 11) is -2.14. The molecule has 0 atom stereocenters. The molecule has 0 saturated heterocycles. The van der Waals surface area contributed by atoms with E-state index in [1.807, 2.05) is 6.92 Å². The Morgan fingerprint density at radius 1 is 1.03 bits per heavy atom. The van der Waals surface area contributed by atoms with Crippen molar-refractivity contribution >= 4 is 27.1 Å². The van der Waals surface area contributed by atoms with E-state index in [1.165, 1.54) is 0 Å². The Morgan fingerprint density at radius 2 is 1.70 bits per heavy atom. The van der Waals surface area contributed by atoms with Crippen molar-refractivity contribution in [2.45, 2.75) is 23.4 Å². The monoisotopic (exact) mass is 447 g/mol. The Labute approximate surface area is 178 Å². The van der Waals surface area contributed by atoms with Gasteiger partial charge in [0.1, 0.15) is 11.5 Å². The van der Waals surface area contributed by atoms with Gasteiger partial charge < -0.3 is 14.8 Å². The maximum atomic E-state index is 12.7. The number of carbonyl (C=O) groups excluding carboxylic acids is 1. The highest BCUT2D eigenvalue weighted by Gasteiger charge is 2.22. The SMILES string of the molecule is CCCNC(=O)c1ccc(CS(=O)(=O)c2nnc(Oc3ccc(OC)cc3)s2)cc1. The van der Waals surface area contributed by atoms with E-state index in [9.17, 15) is 13.2 Å². The van der Waals surface area contributed by atoms with Gasteiger partial charge in [0.2, 0.25) is 14.2 Å². The van der Waals surface area contributed by atoms with E-state index in [2.05, 4.69) is 15.5 Å². The molecule has 2 aromatic carbocycles. The second-order valence-electron chi connectivity index (χ2n) is 6.32. The standard InChI is InChI=1S/C20H21N3O5S2/c1-3-12-21-18(24)15-6-4-14(5-7-15)13-30(25,26)20-23-22-19(29-20)28-17-10-8-16(27-2)9-11-17/h4-11H,3,12-13H2,1-2H3,(H,21,24). The van der Waals surface area contributed by atoms with Crippen LogP contribution in [0.1, 0.15) is 29.3 Å². The van der Waals surface area contributed by atoms with Crippen LogP contribution in [0, 0.1) is 0 Å². The van der Waals surface area contributed by atoms with Gasteiger partial charge in [-0.2, -0.15) is 0 Å². The minimum absolute atomic E-state index is 0.127. The molecule has 1 aromatic heterocycles. The number of amides is 1. The normalized spacial score (nSPS) is 11.1. The van der Waals surface area contributed by atoms with Crippen molar-refractivity contribution in [3.8, 4) is 16.7 Å². The summed E-state index contributed by atoms with van der Waals surface area (Å²) in [6, 6.07) is 13.3. The van der Waals surface area contributed by atoms with Crippen LogP contribution in [-0.4, -0.2) is 38.2 Å². The van der Waals surface area contributed by atoms with Crippen LogP contribution in [-0.2, 0) is 15.6 Å². The van der Waals surface area contributed by atoms with Crippen LogP contribution in [0.3, 0.4) is 0 Å². The zero-order valence-electron chi connectivity index (χ0n) is 16.5. The summed E-state index contributed by atoms with van der Waals surface area (Å²) in [6.07, 6.45) is 0.841. The first-order chi connectivity index (χ1) is 14.4. The lowest BCUT2D eigenvalue weighted by Gasteiger charge is -2.05. The maximum absolute atomic E-state index is 12.7. The van der Waals surface area contributed by atoms with Gasteiger partial charge in [-0.1, -0.05) is 24.2 Å². The summed E-state index contributed by atoms with van der Waals surface area (Å²) in [4.78, 5) is 11.9. The van der Waals surface area contributed by atoms with Crippen molar-refractivity contribution < 1.29 is 22.7 Å². The van der Waals surface area contributed by atoms with Crippen LogP contribution >= 0.6 is 11.3 Å². The molecule has 0 bridgehead atoms. The Kier molecular flexibility index (Phi) is 7.01. The predicted molar refractivity (Wildman–Crippen MR) is 113 cm³/mol. The third kappa shape index (κ3) is 5.55. The number of benzene rings is 2. The molecule has 3 aromatic rings. The summed E-state index contributed by atoms with van der Waals surface area (Å²) < 4.78 is 35.8.